The van der Waals surface area contributed by atoms with Gasteiger partial charge < -0.3 is 5.32 Å². The van der Waals surface area contributed by atoms with Crippen molar-refractivity contribution in [3.8, 4) is 0 Å². The van der Waals surface area contributed by atoms with Gasteiger partial charge in [0.05, 0.1) is 5.75 Å². The van der Waals surface area contributed by atoms with Crippen LogP contribution in [0.1, 0.15) is 26.7 Å². The lowest BCUT2D eigenvalue weighted by molar-refractivity contribution is -0.121. The van der Waals surface area contributed by atoms with Crippen molar-refractivity contribution in [2.24, 2.45) is 0 Å². The Hall–Kier alpha value is -0.290. The molecule has 4 nitrogen and oxygen atoms in total. The standard InChI is InChI=1S/C7H14ClNO3S/c1-6(2)9-7(10)4-3-5-13(8,11)12/h6H,3-5H2,1-2H3,(H,9,10). The Labute approximate surface area is 83.1 Å². The van der Waals surface area contributed by atoms with Crippen LogP contribution in [0.2, 0.25) is 0 Å². The second kappa shape index (κ2) is 5.44. The Morgan fingerprint density at radius 2 is 2.00 bits per heavy atom. The molecule has 0 atom stereocenters. The Bertz CT molecular complexity index is 261. The molecule has 1 N–H and O–H groups in total. The Morgan fingerprint density at radius 1 is 1.46 bits per heavy atom. The van der Waals surface area contributed by atoms with Crippen LogP contribution < -0.4 is 5.32 Å². The highest BCUT2D eigenvalue weighted by molar-refractivity contribution is 8.13. The quantitative estimate of drug-likeness (QED) is 0.709. The summed E-state index contributed by atoms with van der Waals surface area (Å²) in [5.41, 5.74) is 0. The summed E-state index contributed by atoms with van der Waals surface area (Å²) in [4.78, 5) is 11.0. The molecule has 0 aliphatic rings. The van der Waals surface area contributed by atoms with Gasteiger partial charge in [-0.2, -0.15) is 0 Å². The fourth-order valence-electron chi connectivity index (χ4n) is 0.799. The predicted octanol–water partition coefficient (Wildman–Crippen LogP) is 0.860. The molecule has 0 rings (SSSR count). The first-order valence-corrected chi connectivity index (χ1v) is 6.51. The fourth-order valence-corrected chi connectivity index (χ4v) is 1.62. The average molecular weight is 228 g/mol. The van der Waals surface area contributed by atoms with Gasteiger partial charge in [-0.15, -0.1) is 0 Å². The molecule has 0 spiro atoms. The van der Waals surface area contributed by atoms with Crippen LogP contribution in [0.3, 0.4) is 0 Å². The molecular weight excluding hydrogens is 214 g/mol. The summed E-state index contributed by atoms with van der Waals surface area (Å²) < 4.78 is 20.9. The molecule has 0 saturated heterocycles. The van der Waals surface area contributed by atoms with Crippen molar-refractivity contribution < 1.29 is 13.2 Å². The number of hydrogen-bond donors (Lipinski definition) is 1. The number of amides is 1. The number of rotatable bonds is 5. The maximum Gasteiger partial charge on any atom is 0.232 e. The maximum atomic E-state index is 11.0. The molecule has 0 saturated carbocycles. The van der Waals surface area contributed by atoms with E-state index in [9.17, 15) is 13.2 Å². The van der Waals surface area contributed by atoms with E-state index in [0.717, 1.165) is 0 Å². The molecule has 0 aliphatic heterocycles. The van der Waals surface area contributed by atoms with Crippen LogP contribution in [-0.4, -0.2) is 26.1 Å². The highest BCUT2D eigenvalue weighted by Crippen LogP contribution is 2.01. The predicted molar refractivity (Wildman–Crippen MR) is 52.2 cm³/mol. The summed E-state index contributed by atoms with van der Waals surface area (Å²) in [6.45, 7) is 3.69. The van der Waals surface area contributed by atoms with Gasteiger partial charge in [-0.1, -0.05) is 0 Å². The Balaban J connectivity index is 3.61. The summed E-state index contributed by atoms with van der Waals surface area (Å²) in [5.74, 6) is -0.296. The van der Waals surface area contributed by atoms with Crippen LogP contribution in [0.25, 0.3) is 0 Å². The molecule has 1 amide bonds. The molecule has 0 aliphatic carbocycles. The largest absolute Gasteiger partial charge is 0.354 e. The second-order valence-corrected chi connectivity index (χ2v) is 5.97. The van der Waals surface area contributed by atoms with E-state index in [1.165, 1.54) is 0 Å². The summed E-state index contributed by atoms with van der Waals surface area (Å²) in [5, 5.41) is 2.65. The zero-order valence-corrected chi connectivity index (χ0v) is 9.28. The molecule has 0 radical (unpaired) electrons. The van der Waals surface area contributed by atoms with Crippen molar-refractivity contribution in [3.05, 3.63) is 0 Å². The first kappa shape index (κ1) is 12.7. The minimum Gasteiger partial charge on any atom is -0.354 e. The third kappa shape index (κ3) is 9.63. The third-order valence-corrected chi connectivity index (χ3v) is 2.48. The number of carbonyl (C=O) groups excluding carboxylic acids is 1. The second-order valence-electron chi connectivity index (χ2n) is 3.07. The third-order valence-electron chi connectivity index (χ3n) is 1.24. The van der Waals surface area contributed by atoms with E-state index in [4.69, 9.17) is 10.7 Å². The smallest absolute Gasteiger partial charge is 0.232 e. The zero-order chi connectivity index (χ0) is 10.5. The van der Waals surface area contributed by atoms with Gasteiger partial charge in [0.1, 0.15) is 0 Å². The van der Waals surface area contributed by atoms with Crippen LogP contribution in [0.15, 0.2) is 0 Å². The zero-order valence-electron chi connectivity index (χ0n) is 7.71. The average Bonchev–Trinajstić information content (AvgIpc) is 1.81. The van der Waals surface area contributed by atoms with Crippen LogP contribution in [-0.2, 0) is 13.8 Å². The fraction of sp³-hybridized carbons (Fsp3) is 0.857. The number of halogens is 1. The van der Waals surface area contributed by atoms with E-state index in [2.05, 4.69) is 5.32 Å². The summed E-state index contributed by atoms with van der Waals surface area (Å²) >= 11 is 0. The molecule has 0 bridgehead atoms. The van der Waals surface area contributed by atoms with Crippen LogP contribution in [0.4, 0.5) is 0 Å². The highest BCUT2D eigenvalue weighted by Gasteiger charge is 2.08. The number of carbonyl (C=O) groups is 1. The van der Waals surface area contributed by atoms with Gasteiger partial charge in [-0.05, 0) is 20.3 Å². The molecular formula is C7H14ClNO3S. The first-order valence-electron chi connectivity index (χ1n) is 4.03. The molecule has 0 aromatic carbocycles. The molecule has 0 aromatic rings. The van der Waals surface area contributed by atoms with Gasteiger partial charge in [0.15, 0.2) is 0 Å². The molecule has 0 fully saturated rings. The van der Waals surface area contributed by atoms with Gasteiger partial charge in [-0.25, -0.2) is 8.42 Å². The van der Waals surface area contributed by atoms with Crippen molar-refractivity contribution in [2.45, 2.75) is 32.7 Å². The molecule has 78 valence electrons. The summed E-state index contributed by atoms with van der Waals surface area (Å²) in [7, 11) is 1.51. The van der Waals surface area contributed by atoms with E-state index in [-0.39, 0.29) is 30.5 Å². The summed E-state index contributed by atoms with van der Waals surface area (Å²) in [6, 6.07) is 0.0834. The van der Waals surface area contributed by atoms with Gasteiger partial charge >= 0.3 is 0 Å². The van der Waals surface area contributed by atoms with Crippen molar-refractivity contribution in [3.63, 3.8) is 0 Å². The van der Waals surface area contributed by atoms with Gasteiger partial charge in [0.25, 0.3) is 0 Å². The van der Waals surface area contributed by atoms with Crippen molar-refractivity contribution in [2.75, 3.05) is 5.75 Å². The van der Waals surface area contributed by atoms with E-state index in [1.807, 2.05) is 13.8 Å². The lowest BCUT2D eigenvalue weighted by atomic mass is 10.3. The van der Waals surface area contributed by atoms with E-state index >= 15 is 0 Å². The van der Waals surface area contributed by atoms with E-state index < -0.39 is 9.05 Å². The lowest BCUT2D eigenvalue weighted by Crippen LogP contribution is -2.30. The summed E-state index contributed by atoms with van der Waals surface area (Å²) in [6.07, 6.45) is 0.467. The van der Waals surface area contributed by atoms with Crippen molar-refractivity contribution in [1.82, 2.24) is 5.32 Å². The van der Waals surface area contributed by atoms with Crippen LogP contribution in [0.5, 0.6) is 0 Å². The van der Waals surface area contributed by atoms with Gasteiger partial charge in [-0.3, -0.25) is 4.79 Å². The monoisotopic (exact) mass is 227 g/mol. The van der Waals surface area contributed by atoms with Crippen molar-refractivity contribution >= 4 is 25.6 Å². The minimum atomic E-state index is -3.46. The highest BCUT2D eigenvalue weighted by atomic mass is 35.7. The van der Waals surface area contributed by atoms with Crippen molar-refractivity contribution in [1.29, 1.82) is 0 Å². The maximum absolute atomic E-state index is 11.0. The van der Waals surface area contributed by atoms with Gasteiger partial charge in [0.2, 0.25) is 15.0 Å². The normalized spacial score (nSPS) is 11.7. The van der Waals surface area contributed by atoms with Crippen LogP contribution in [0, 0.1) is 0 Å². The first-order chi connectivity index (χ1) is 5.81. The van der Waals surface area contributed by atoms with E-state index in [0.29, 0.717) is 0 Å². The van der Waals surface area contributed by atoms with Gasteiger partial charge in [0, 0.05) is 23.1 Å². The Kier molecular flexibility index (Phi) is 5.32. The topological polar surface area (TPSA) is 63.2 Å². The lowest BCUT2D eigenvalue weighted by Gasteiger charge is -2.06. The Morgan fingerprint density at radius 3 is 2.38 bits per heavy atom. The molecule has 6 heteroatoms. The molecule has 13 heavy (non-hydrogen) atoms. The molecule has 0 unspecified atom stereocenters. The number of hydrogen-bond acceptors (Lipinski definition) is 3. The molecule has 0 aromatic heterocycles. The van der Waals surface area contributed by atoms with E-state index in [1.54, 1.807) is 0 Å². The molecule has 0 heterocycles. The SMILES string of the molecule is CC(C)NC(=O)CCCS(=O)(=O)Cl. The number of nitrogens with one attached hydrogen (secondary N) is 1. The minimum absolute atomic E-state index is 0.0834. The van der Waals surface area contributed by atoms with Crippen LogP contribution >= 0.6 is 10.7 Å².